The van der Waals surface area contributed by atoms with Gasteiger partial charge in [-0.05, 0) is 111 Å². The summed E-state index contributed by atoms with van der Waals surface area (Å²) < 4.78 is 66.3. The highest BCUT2D eigenvalue weighted by molar-refractivity contribution is 6.03. The van der Waals surface area contributed by atoms with E-state index >= 15 is 8.78 Å². The monoisotopic (exact) mass is 1110 g/mol. The fourth-order valence-corrected chi connectivity index (χ4v) is 14.3. The van der Waals surface area contributed by atoms with Gasteiger partial charge in [-0.1, -0.05) is 25.5 Å². The first-order chi connectivity index (χ1) is 39.6. The Kier molecular flexibility index (Phi) is 11.9. The second-order valence-electron chi connectivity index (χ2n) is 22.7. The van der Waals surface area contributed by atoms with E-state index in [0.717, 1.165) is 41.5 Å². The van der Waals surface area contributed by atoms with Crippen molar-refractivity contribution in [3.05, 3.63) is 116 Å². The Bertz CT molecular complexity index is 4120. The van der Waals surface area contributed by atoms with Crippen molar-refractivity contribution >= 4 is 62.1 Å². The number of aromatic hydroxyl groups is 1. The van der Waals surface area contributed by atoms with Crippen LogP contribution in [0.3, 0.4) is 0 Å². The number of hydrogen-bond donors (Lipinski definition) is 3. The van der Waals surface area contributed by atoms with Gasteiger partial charge in [-0.2, -0.15) is 9.97 Å². The second kappa shape index (κ2) is 19.0. The maximum absolute atomic E-state index is 17.4. The zero-order valence-corrected chi connectivity index (χ0v) is 44.6. The molecule has 0 radical (unpaired) electrons. The van der Waals surface area contributed by atoms with Gasteiger partial charge in [0.05, 0.1) is 57.6 Å². The summed E-state index contributed by atoms with van der Waals surface area (Å²) in [5.74, 6) is -0.343. The summed E-state index contributed by atoms with van der Waals surface area (Å²) >= 11 is 0. The van der Waals surface area contributed by atoms with Gasteiger partial charge in [0.25, 0.3) is 11.5 Å². The number of ether oxygens (including phenoxy) is 3. The van der Waals surface area contributed by atoms with Gasteiger partial charge in [-0.25, -0.2) is 27.7 Å². The van der Waals surface area contributed by atoms with Crippen molar-refractivity contribution in [2.45, 2.75) is 107 Å². The van der Waals surface area contributed by atoms with Crippen LogP contribution in [0.25, 0.3) is 55.2 Å². The standard InChI is InChI=1S/C61H54F3N9O9/c1-4-36-44(63)13-10-31-18-35(74)19-39(48(31)36)52-50(64)53-40(22-65-52)54(69-58(68-53)82-29-60-16-7-17-71(60)23-32(62)21-60)70-24-33-11-12-34(25-70)73(33)55(75)30(3)27-81-59(78)67-45-14-15-46-49-37(8-6-9-38(45)49)41-26-72-47(51(41)66-46)20-43-42(56(72)76)28-80-57(77)61(43,79)5-2/h1,10,13-15,18-20,22,32-34,74,79H,3,5-9,11-12,16-17,21,23-29H2,2H3,(H,67,78)/t32-,33?,34?,60+,61+/m1/s1. The molecule has 2 amide bonds. The van der Waals surface area contributed by atoms with Crippen LogP contribution in [0, 0.1) is 24.0 Å². The van der Waals surface area contributed by atoms with Crippen LogP contribution in [-0.2, 0) is 50.7 Å². The Hall–Kier alpha value is -8.61. The molecule has 14 rings (SSSR count). The van der Waals surface area contributed by atoms with Crippen LogP contribution in [-0.4, -0.2) is 126 Å². The zero-order valence-electron chi connectivity index (χ0n) is 44.6. The minimum Gasteiger partial charge on any atom is -0.508 e. The smallest absolute Gasteiger partial charge is 0.411 e. The van der Waals surface area contributed by atoms with Gasteiger partial charge in [0.2, 0.25) is 0 Å². The third kappa shape index (κ3) is 7.84. The van der Waals surface area contributed by atoms with Gasteiger partial charge in [0.15, 0.2) is 11.4 Å². The van der Waals surface area contributed by atoms with Crippen LogP contribution in [0.4, 0.5) is 29.5 Å². The molecule has 418 valence electrons. The van der Waals surface area contributed by atoms with E-state index in [1.54, 1.807) is 34.6 Å². The van der Waals surface area contributed by atoms with E-state index in [2.05, 4.69) is 32.7 Å². The molecular weight excluding hydrogens is 1060 g/mol. The second-order valence-corrected chi connectivity index (χ2v) is 22.7. The first kappa shape index (κ1) is 51.5. The Morgan fingerprint density at radius 1 is 0.976 bits per heavy atom. The molecule has 18 nitrogen and oxygen atoms in total. The minimum absolute atomic E-state index is 0.0292. The van der Waals surface area contributed by atoms with Crippen LogP contribution >= 0.6 is 0 Å². The predicted molar refractivity (Wildman–Crippen MR) is 295 cm³/mol. The molecule has 2 unspecified atom stereocenters. The minimum atomic E-state index is -1.95. The number of amides is 2. The molecule has 4 fully saturated rings. The number of aliphatic hydroxyl groups is 1. The lowest BCUT2D eigenvalue weighted by Crippen LogP contribution is -2.56. The topological polar surface area (TPSA) is 215 Å². The van der Waals surface area contributed by atoms with E-state index in [-0.39, 0.29) is 131 Å². The number of nitrogens with one attached hydrogen (secondary N) is 1. The number of alkyl halides is 1. The van der Waals surface area contributed by atoms with E-state index < -0.39 is 47.6 Å². The summed E-state index contributed by atoms with van der Waals surface area (Å²) in [4.78, 5) is 79.4. The van der Waals surface area contributed by atoms with Crippen molar-refractivity contribution < 1.29 is 52.0 Å². The lowest BCUT2D eigenvalue weighted by Gasteiger charge is -2.42. The number of fused-ring (bicyclic) bond motifs is 10. The van der Waals surface area contributed by atoms with Gasteiger partial charge in [0.1, 0.15) is 54.6 Å². The highest BCUT2D eigenvalue weighted by atomic mass is 19.1. The summed E-state index contributed by atoms with van der Waals surface area (Å²) in [6, 6.07) is 9.67. The first-order valence-electron chi connectivity index (χ1n) is 27.7. The zero-order chi connectivity index (χ0) is 56.7. The number of benzene rings is 3. The molecule has 21 heteroatoms. The van der Waals surface area contributed by atoms with E-state index in [0.29, 0.717) is 72.4 Å². The van der Waals surface area contributed by atoms with Gasteiger partial charge >= 0.3 is 18.1 Å². The van der Waals surface area contributed by atoms with E-state index in [1.807, 2.05) is 4.90 Å². The predicted octanol–water partition coefficient (Wildman–Crippen LogP) is 7.63. The Morgan fingerprint density at radius 2 is 1.78 bits per heavy atom. The number of anilines is 2. The average Bonchev–Trinajstić information content (AvgIpc) is 3.00. The van der Waals surface area contributed by atoms with Crippen LogP contribution in [0.15, 0.2) is 65.6 Å². The highest BCUT2D eigenvalue weighted by Gasteiger charge is 2.50. The summed E-state index contributed by atoms with van der Waals surface area (Å²) in [7, 11) is 0. The molecule has 4 saturated heterocycles. The molecule has 3 N–H and O–H groups in total. The summed E-state index contributed by atoms with van der Waals surface area (Å²) in [5.41, 5.74) is 2.19. The lowest BCUT2D eigenvalue weighted by molar-refractivity contribution is -0.172. The molecule has 7 aliphatic rings. The largest absolute Gasteiger partial charge is 0.508 e. The summed E-state index contributed by atoms with van der Waals surface area (Å²) in [5, 5.41) is 26.7. The number of pyridine rings is 3. The van der Waals surface area contributed by atoms with E-state index in [4.69, 9.17) is 30.6 Å². The van der Waals surface area contributed by atoms with Gasteiger partial charge in [0, 0.05) is 71.0 Å². The number of halogens is 3. The molecule has 6 aliphatic heterocycles. The molecule has 5 atom stereocenters. The van der Waals surface area contributed by atoms with Crippen LogP contribution in [0.2, 0.25) is 0 Å². The Balaban J connectivity index is 0.702. The molecule has 0 spiro atoms. The quantitative estimate of drug-likeness (QED) is 0.0682. The number of terminal acetylenes is 1. The number of rotatable bonds is 10. The third-order valence-corrected chi connectivity index (χ3v) is 18.2. The highest BCUT2D eigenvalue weighted by Crippen LogP contribution is 2.46. The molecule has 10 heterocycles. The van der Waals surface area contributed by atoms with Crippen LogP contribution in [0.5, 0.6) is 11.8 Å². The molecule has 2 bridgehead atoms. The van der Waals surface area contributed by atoms with Crippen molar-refractivity contribution in [3.63, 3.8) is 0 Å². The number of aromatic nitrogens is 5. The van der Waals surface area contributed by atoms with Gasteiger partial charge < -0.3 is 38.8 Å². The SMILES string of the molecule is C#Cc1c(F)ccc2cc(O)cc(-c3ncc4c(N5CC6CCC(C5)N6C(=O)C(=C)COC(=O)Nc5ccc6nc7c(c8c6c5CCC8)Cn5c-7cc6c(c5=O)COC(=O)[C@]6(O)CC)nc(OC[C@@]56CCCN5C[C@H](F)C6)nc4c3F)c12. The Labute approximate surface area is 466 Å². The molecule has 1 aliphatic carbocycles. The van der Waals surface area contributed by atoms with Crippen molar-refractivity contribution in [2.24, 2.45) is 0 Å². The van der Waals surface area contributed by atoms with Gasteiger partial charge in [-0.15, -0.1) is 6.42 Å². The van der Waals surface area contributed by atoms with E-state index in [1.165, 1.54) is 30.5 Å². The van der Waals surface area contributed by atoms with Crippen molar-refractivity contribution in [1.29, 1.82) is 0 Å². The number of cyclic esters (lactones) is 1. The van der Waals surface area contributed by atoms with Crippen molar-refractivity contribution in [3.8, 4) is 46.7 Å². The molecule has 82 heavy (non-hydrogen) atoms. The molecule has 4 aromatic heterocycles. The number of carbonyl (C=O) groups excluding carboxylic acids is 3. The molecular formula is C61H54F3N9O9. The molecule has 3 aromatic carbocycles. The number of phenols is 1. The lowest BCUT2D eigenvalue weighted by atomic mass is 9.85. The summed E-state index contributed by atoms with van der Waals surface area (Å²) in [6.07, 6.45) is 10.6. The third-order valence-electron chi connectivity index (χ3n) is 18.2. The van der Waals surface area contributed by atoms with Crippen molar-refractivity contribution in [1.82, 2.24) is 34.3 Å². The van der Waals surface area contributed by atoms with Crippen LogP contribution in [0.1, 0.15) is 85.3 Å². The van der Waals surface area contributed by atoms with Crippen LogP contribution < -0.4 is 20.5 Å². The van der Waals surface area contributed by atoms with E-state index in [9.17, 15) is 33.8 Å². The number of phenolic OH excluding ortho intramolecular Hbond substituents is 1. The first-order valence-corrected chi connectivity index (χ1v) is 27.7. The fourth-order valence-electron chi connectivity index (χ4n) is 14.3. The number of nitrogens with zero attached hydrogens (tertiary/aromatic N) is 8. The Morgan fingerprint density at radius 3 is 2.57 bits per heavy atom. The molecule has 7 aromatic rings. The average molecular weight is 1110 g/mol. The number of piperazine rings is 1. The maximum Gasteiger partial charge on any atom is 0.411 e. The van der Waals surface area contributed by atoms with Crippen molar-refractivity contribution in [2.75, 3.05) is 49.6 Å². The number of esters is 1. The summed E-state index contributed by atoms with van der Waals surface area (Å²) in [6.45, 7) is 6.94. The number of hydrogen-bond acceptors (Lipinski definition) is 15. The van der Waals surface area contributed by atoms with Gasteiger partial charge in [-0.3, -0.25) is 24.8 Å². The fraction of sp³-hybridized carbons (Fsp3) is 0.377. The number of aryl methyl sites for hydroxylation is 2. The number of carbonyl (C=O) groups is 3. The molecule has 0 saturated carbocycles. The normalized spacial score (nSPS) is 23.1. The maximum atomic E-state index is 17.4.